The number of aryl methyl sites for hydroxylation is 1. The summed E-state index contributed by atoms with van der Waals surface area (Å²) in [5.74, 6) is 0.732. The van der Waals surface area contributed by atoms with E-state index in [1.54, 1.807) is 7.11 Å². The molecule has 0 saturated heterocycles. The molecule has 1 atom stereocenters. The Bertz CT molecular complexity index is 572. The van der Waals surface area contributed by atoms with Crippen molar-refractivity contribution >= 4 is 34.6 Å². The Morgan fingerprint density at radius 1 is 1.48 bits per heavy atom. The molecule has 1 aliphatic heterocycles. The lowest BCUT2D eigenvalue weighted by Crippen LogP contribution is -2.27. The fourth-order valence-corrected chi connectivity index (χ4v) is 2.31. The van der Waals surface area contributed by atoms with E-state index >= 15 is 0 Å². The standard InChI is InChI=1S/C15H21N3O2S/c1-9-5-6-10-7-12(17-15(21)18(2)3)13(20-4)8-11(10)16-14(9)19/h7-9H,5-6H2,1-4H3,(H,16,19)(H,17,21). The predicted molar refractivity (Wildman–Crippen MR) is 89.0 cm³/mol. The molecule has 2 N–H and O–H groups in total. The van der Waals surface area contributed by atoms with Crippen molar-refractivity contribution < 1.29 is 9.53 Å². The second-order valence-electron chi connectivity index (χ2n) is 5.46. The normalized spacial score (nSPS) is 17.3. The van der Waals surface area contributed by atoms with Crippen LogP contribution in [0.25, 0.3) is 0 Å². The SMILES string of the molecule is COc1cc2c(cc1NC(=S)N(C)C)CCC(C)C(=O)N2. The van der Waals surface area contributed by atoms with Crippen molar-refractivity contribution in [2.24, 2.45) is 5.92 Å². The van der Waals surface area contributed by atoms with E-state index < -0.39 is 0 Å². The van der Waals surface area contributed by atoms with Gasteiger partial charge >= 0.3 is 0 Å². The first-order valence-electron chi connectivity index (χ1n) is 6.92. The molecule has 6 heteroatoms. The Kier molecular flexibility index (Phi) is 4.67. The van der Waals surface area contributed by atoms with E-state index in [4.69, 9.17) is 17.0 Å². The molecule has 0 saturated carbocycles. The number of ether oxygens (including phenoxy) is 1. The lowest BCUT2D eigenvalue weighted by Gasteiger charge is -2.19. The Labute approximate surface area is 130 Å². The minimum absolute atomic E-state index is 0.0163. The Morgan fingerprint density at radius 3 is 2.81 bits per heavy atom. The fourth-order valence-electron chi connectivity index (χ4n) is 2.20. The van der Waals surface area contributed by atoms with Gasteiger partial charge in [-0.1, -0.05) is 6.92 Å². The van der Waals surface area contributed by atoms with Crippen LogP contribution in [-0.2, 0) is 11.2 Å². The quantitative estimate of drug-likeness (QED) is 0.822. The molecule has 0 aliphatic carbocycles. The van der Waals surface area contributed by atoms with E-state index in [0.29, 0.717) is 10.9 Å². The maximum absolute atomic E-state index is 11.9. The van der Waals surface area contributed by atoms with Crippen molar-refractivity contribution in [2.45, 2.75) is 19.8 Å². The van der Waals surface area contributed by atoms with E-state index in [-0.39, 0.29) is 11.8 Å². The number of benzene rings is 1. The van der Waals surface area contributed by atoms with Gasteiger partial charge in [0.1, 0.15) is 5.75 Å². The summed E-state index contributed by atoms with van der Waals surface area (Å²) in [5.41, 5.74) is 2.74. The maximum atomic E-state index is 11.9. The third kappa shape index (κ3) is 3.44. The largest absolute Gasteiger partial charge is 0.494 e. The molecular weight excluding hydrogens is 286 g/mol. The van der Waals surface area contributed by atoms with Crippen LogP contribution in [0.2, 0.25) is 0 Å². The number of fused-ring (bicyclic) bond motifs is 1. The minimum Gasteiger partial charge on any atom is -0.494 e. The van der Waals surface area contributed by atoms with Crippen molar-refractivity contribution in [3.8, 4) is 5.75 Å². The average molecular weight is 307 g/mol. The fraction of sp³-hybridized carbons (Fsp3) is 0.467. The van der Waals surface area contributed by atoms with Crippen LogP contribution in [0.1, 0.15) is 18.9 Å². The summed E-state index contributed by atoms with van der Waals surface area (Å²) < 4.78 is 5.40. The summed E-state index contributed by atoms with van der Waals surface area (Å²) >= 11 is 5.28. The van der Waals surface area contributed by atoms with Crippen molar-refractivity contribution in [2.75, 3.05) is 31.8 Å². The monoisotopic (exact) mass is 307 g/mol. The summed E-state index contributed by atoms with van der Waals surface area (Å²) in [6.07, 6.45) is 1.69. The minimum atomic E-state index is 0.0163. The highest BCUT2D eigenvalue weighted by Crippen LogP contribution is 2.34. The summed E-state index contributed by atoms with van der Waals surface area (Å²) in [7, 11) is 5.37. The molecule has 21 heavy (non-hydrogen) atoms. The zero-order valence-corrected chi connectivity index (χ0v) is 13.6. The number of rotatable bonds is 2. The third-order valence-corrected chi connectivity index (χ3v) is 4.09. The van der Waals surface area contributed by atoms with Crippen molar-refractivity contribution in [1.29, 1.82) is 0 Å². The first kappa shape index (κ1) is 15.6. The number of hydrogen-bond donors (Lipinski definition) is 2. The number of nitrogens with one attached hydrogen (secondary N) is 2. The van der Waals surface area contributed by atoms with Crippen LogP contribution in [0.4, 0.5) is 11.4 Å². The van der Waals surface area contributed by atoms with Crippen LogP contribution in [0.5, 0.6) is 5.75 Å². The first-order chi connectivity index (χ1) is 9.92. The number of carbonyl (C=O) groups excluding carboxylic acids is 1. The molecule has 1 aliphatic rings. The molecule has 0 bridgehead atoms. The summed E-state index contributed by atoms with van der Waals surface area (Å²) in [6.45, 7) is 1.94. The number of hydrogen-bond acceptors (Lipinski definition) is 3. The number of anilines is 2. The molecule has 5 nitrogen and oxygen atoms in total. The third-order valence-electron chi connectivity index (χ3n) is 3.63. The number of methoxy groups -OCH3 is 1. The van der Waals surface area contributed by atoms with E-state index in [2.05, 4.69) is 10.6 Å². The zero-order valence-electron chi connectivity index (χ0n) is 12.8. The first-order valence-corrected chi connectivity index (χ1v) is 7.33. The zero-order chi connectivity index (χ0) is 15.6. The molecule has 1 amide bonds. The Balaban J connectivity index is 2.36. The molecule has 0 radical (unpaired) electrons. The molecule has 1 aromatic rings. The van der Waals surface area contributed by atoms with E-state index in [1.807, 2.05) is 38.1 Å². The molecule has 1 heterocycles. The van der Waals surface area contributed by atoms with Crippen LogP contribution in [0.3, 0.4) is 0 Å². The number of amides is 1. The molecule has 0 spiro atoms. The lowest BCUT2D eigenvalue weighted by atomic mass is 10.0. The molecular formula is C15H21N3O2S. The maximum Gasteiger partial charge on any atom is 0.227 e. The molecule has 0 fully saturated rings. The highest BCUT2D eigenvalue weighted by atomic mass is 32.1. The summed E-state index contributed by atoms with van der Waals surface area (Å²) in [5, 5.41) is 6.74. The van der Waals surface area contributed by atoms with Crippen molar-refractivity contribution in [3.05, 3.63) is 17.7 Å². The van der Waals surface area contributed by atoms with Crippen LogP contribution >= 0.6 is 12.2 Å². The number of nitrogens with zero attached hydrogens (tertiary/aromatic N) is 1. The van der Waals surface area contributed by atoms with Gasteiger partial charge in [-0.2, -0.15) is 0 Å². The molecule has 1 unspecified atom stereocenters. The van der Waals surface area contributed by atoms with Gasteiger partial charge in [0.25, 0.3) is 0 Å². The molecule has 2 rings (SSSR count). The van der Waals surface area contributed by atoms with Gasteiger partial charge in [0.15, 0.2) is 5.11 Å². The summed E-state index contributed by atoms with van der Waals surface area (Å²) in [6, 6.07) is 3.86. The molecule has 0 aromatic heterocycles. The Morgan fingerprint density at radius 2 is 2.19 bits per heavy atom. The average Bonchev–Trinajstić information content (AvgIpc) is 2.58. The number of carbonyl (C=O) groups is 1. The van der Waals surface area contributed by atoms with Crippen molar-refractivity contribution in [3.63, 3.8) is 0 Å². The van der Waals surface area contributed by atoms with Crippen molar-refractivity contribution in [1.82, 2.24) is 4.90 Å². The van der Waals surface area contributed by atoms with Gasteiger partial charge in [-0.3, -0.25) is 4.79 Å². The van der Waals surface area contributed by atoms with E-state index in [1.165, 1.54) is 0 Å². The highest BCUT2D eigenvalue weighted by molar-refractivity contribution is 7.80. The Hall–Kier alpha value is -1.82. The van der Waals surface area contributed by atoms with Crippen LogP contribution in [-0.4, -0.2) is 37.1 Å². The highest BCUT2D eigenvalue weighted by Gasteiger charge is 2.21. The van der Waals surface area contributed by atoms with Gasteiger partial charge in [0.05, 0.1) is 12.8 Å². The van der Waals surface area contributed by atoms with Gasteiger partial charge in [0.2, 0.25) is 5.91 Å². The van der Waals surface area contributed by atoms with Gasteiger partial charge < -0.3 is 20.3 Å². The van der Waals surface area contributed by atoms with Crippen LogP contribution in [0.15, 0.2) is 12.1 Å². The van der Waals surface area contributed by atoms with E-state index in [0.717, 1.165) is 29.8 Å². The predicted octanol–water partition coefficient (Wildman–Crippen LogP) is 2.47. The second kappa shape index (κ2) is 6.30. The van der Waals surface area contributed by atoms with Gasteiger partial charge in [-0.05, 0) is 36.7 Å². The molecule has 114 valence electrons. The molecule has 1 aromatic carbocycles. The van der Waals surface area contributed by atoms with Crippen LogP contribution in [0, 0.1) is 5.92 Å². The topological polar surface area (TPSA) is 53.6 Å². The van der Waals surface area contributed by atoms with Gasteiger partial charge in [0, 0.05) is 31.8 Å². The van der Waals surface area contributed by atoms with Gasteiger partial charge in [-0.15, -0.1) is 0 Å². The van der Waals surface area contributed by atoms with Crippen LogP contribution < -0.4 is 15.4 Å². The smallest absolute Gasteiger partial charge is 0.227 e. The lowest BCUT2D eigenvalue weighted by molar-refractivity contribution is -0.119. The van der Waals surface area contributed by atoms with E-state index in [9.17, 15) is 4.79 Å². The number of thiocarbonyl (C=S) groups is 1. The summed E-state index contributed by atoms with van der Waals surface area (Å²) in [4.78, 5) is 13.8. The van der Waals surface area contributed by atoms with Gasteiger partial charge in [-0.25, -0.2) is 0 Å². The second-order valence-corrected chi connectivity index (χ2v) is 5.85.